The highest BCUT2D eigenvalue weighted by Crippen LogP contribution is 2.09. The number of carbonyl (C=O) groups excluding carboxylic acids is 1. The Kier molecular flexibility index (Phi) is 2.06. The molecule has 1 aromatic carbocycles. The summed E-state index contributed by atoms with van der Waals surface area (Å²) in [6.45, 7) is 0. The molecule has 0 unspecified atom stereocenters. The number of hydrogen-bond donors (Lipinski definition) is 0. The van der Waals surface area contributed by atoms with Crippen LogP contribution in [0.2, 0.25) is 0 Å². The molecule has 0 saturated carbocycles. The van der Waals surface area contributed by atoms with Gasteiger partial charge in [0.2, 0.25) is 0 Å². The van der Waals surface area contributed by atoms with Gasteiger partial charge in [0.25, 0.3) is 5.91 Å². The zero-order chi connectivity index (χ0) is 7.56. The second-order valence-electron chi connectivity index (χ2n) is 1.84. The molecule has 0 aliphatic heterocycles. The van der Waals surface area contributed by atoms with Crippen molar-refractivity contribution in [3.05, 3.63) is 34.3 Å². The predicted octanol–water partition coefficient (Wildman–Crippen LogP) is 1.87. The third-order valence-corrected chi connectivity index (χ3v) is 1.64. The maximum atomic E-state index is 10.4. The van der Waals surface area contributed by atoms with Crippen molar-refractivity contribution in [1.29, 1.82) is 0 Å². The first-order chi connectivity index (χ1) is 4.70. The number of halogens is 1. The minimum Gasteiger partial charge on any atom is -0.267 e. The first-order valence-corrected chi connectivity index (χ1v) is 3.51. The molecule has 1 N–H and O–H groups in total. The number of nitrogens with one attached hydrogen (secondary N) is 1. The lowest BCUT2D eigenvalue weighted by atomic mass is 10.2. The Morgan fingerprint density at radius 3 is 2.20 bits per heavy atom. The molecule has 1 rings (SSSR count). The van der Waals surface area contributed by atoms with E-state index in [1.165, 1.54) is 0 Å². The third kappa shape index (κ3) is 1.57. The molecular formula is C7H5BrNO. The summed E-state index contributed by atoms with van der Waals surface area (Å²) in [6.07, 6.45) is 0. The number of hydrogen-bond acceptors (Lipinski definition) is 1. The highest BCUT2D eigenvalue weighted by Gasteiger charge is 1.97. The first-order valence-electron chi connectivity index (χ1n) is 2.71. The van der Waals surface area contributed by atoms with Crippen LogP contribution in [0.4, 0.5) is 0 Å². The molecule has 0 spiro atoms. The van der Waals surface area contributed by atoms with E-state index >= 15 is 0 Å². The van der Waals surface area contributed by atoms with Crippen molar-refractivity contribution in [2.45, 2.75) is 0 Å². The van der Waals surface area contributed by atoms with Gasteiger partial charge in [0, 0.05) is 10.0 Å². The molecule has 0 heterocycles. The Morgan fingerprint density at radius 1 is 1.30 bits per heavy atom. The fourth-order valence-corrected chi connectivity index (χ4v) is 0.866. The SMILES string of the molecule is [NH]C(=O)c1ccc(Br)cc1. The molecule has 1 aromatic rings. The monoisotopic (exact) mass is 198 g/mol. The normalized spacial score (nSPS) is 9.30. The van der Waals surface area contributed by atoms with Crippen LogP contribution in [-0.2, 0) is 0 Å². The van der Waals surface area contributed by atoms with E-state index in [2.05, 4.69) is 15.9 Å². The molecule has 3 heteroatoms. The van der Waals surface area contributed by atoms with Crippen LogP contribution in [0.1, 0.15) is 10.4 Å². The topological polar surface area (TPSA) is 40.9 Å². The summed E-state index contributed by atoms with van der Waals surface area (Å²) >= 11 is 3.22. The summed E-state index contributed by atoms with van der Waals surface area (Å²) < 4.78 is 0.914. The van der Waals surface area contributed by atoms with Crippen LogP contribution < -0.4 is 5.73 Å². The van der Waals surface area contributed by atoms with Crippen LogP contribution in [0.15, 0.2) is 28.7 Å². The van der Waals surface area contributed by atoms with Gasteiger partial charge in [-0.25, -0.2) is 0 Å². The molecule has 0 atom stereocenters. The smallest absolute Gasteiger partial charge is 0.267 e. The molecule has 0 aliphatic carbocycles. The maximum Gasteiger partial charge on any atom is 0.269 e. The predicted molar refractivity (Wildman–Crippen MR) is 41.6 cm³/mol. The molecule has 0 fully saturated rings. The van der Waals surface area contributed by atoms with Crippen molar-refractivity contribution in [1.82, 2.24) is 5.73 Å². The Hall–Kier alpha value is -0.830. The molecular weight excluding hydrogens is 194 g/mol. The van der Waals surface area contributed by atoms with E-state index in [0.29, 0.717) is 5.56 Å². The van der Waals surface area contributed by atoms with E-state index in [4.69, 9.17) is 5.73 Å². The standard InChI is InChI=1S/C7H5BrNO/c8-6-3-1-5(2-4-6)7(9)10/h1-4,9H. The van der Waals surface area contributed by atoms with Crippen molar-refractivity contribution < 1.29 is 4.79 Å². The van der Waals surface area contributed by atoms with Crippen molar-refractivity contribution in [2.75, 3.05) is 0 Å². The van der Waals surface area contributed by atoms with Crippen LogP contribution in [0.25, 0.3) is 0 Å². The van der Waals surface area contributed by atoms with E-state index in [1.54, 1.807) is 24.3 Å². The van der Waals surface area contributed by atoms with Crippen LogP contribution in [0.5, 0.6) is 0 Å². The molecule has 0 saturated heterocycles. The molecule has 0 aliphatic rings. The zero-order valence-electron chi connectivity index (χ0n) is 5.10. The summed E-state index contributed by atoms with van der Waals surface area (Å²) in [4.78, 5) is 10.4. The van der Waals surface area contributed by atoms with Gasteiger partial charge in [-0.2, -0.15) is 0 Å². The lowest BCUT2D eigenvalue weighted by Crippen LogP contribution is -1.97. The van der Waals surface area contributed by atoms with E-state index < -0.39 is 5.91 Å². The fraction of sp³-hybridized carbons (Fsp3) is 0. The summed E-state index contributed by atoms with van der Waals surface area (Å²) in [5.74, 6) is -0.646. The van der Waals surface area contributed by atoms with E-state index in [0.717, 1.165) is 4.47 Å². The van der Waals surface area contributed by atoms with Gasteiger partial charge in [-0.1, -0.05) is 15.9 Å². The summed E-state index contributed by atoms with van der Waals surface area (Å²) in [7, 11) is 0. The van der Waals surface area contributed by atoms with Crippen molar-refractivity contribution >= 4 is 21.8 Å². The summed E-state index contributed by atoms with van der Waals surface area (Å²) in [6, 6.07) is 6.70. The highest BCUT2D eigenvalue weighted by molar-refractivity contribution is 9.10. The lowest BCUT2D eigenvalue weighted by Gasteiger charge is -1.91. The third-order valence-electron chi connectivity index (χ3n) is 1.11. The van der Waals surface area contributed by atoms with Crippen molar-refractivity contribution in [3.63, 3.8) is 0 Å². The number of amides is 1. The first kappa shape index (κ1) is 7.28. The van der Waals surface area contributed by atoms with Crippen LogP contribution in [0.3, 0.4) is 0 Å². The molecule has 0 bridgehead atoms. The van der Waals surface area contributed by atoms with Gasteiger partial charge in [0.05, 0.1) is 0 Å². The van der Waals surface area contributed by atoms with Gasteiger partial charge in [-0.15, -0.1) is 0 Å². The van der Waals surface area contributed by atoms with Gasteiger partial charge in [-0.3, -0.25) is 10.5 Å². The van der Waals surface area contributed by atoms with Gasteiger partial charge in [0.1, 0.15) is 0 Å². The molecule has 2 nitrogen and oxygen atoms in total. The van der Waals surface area contributed by atoms with Crippen LogP contribution in [0, 0.1) is 0 Å². The number of benzene rings is 1. The second-order valence-corrected chi connectivity index (χ2v) is 2.75. The van der Waals surface area contributed by atoms with E-state index in [1.807, 2.05) is 0 Å². The highest BCUT2D eigenvalue weighted by atomic mass is 79.9. The molecule has 10 heavy (non-hydrogen) atoms. The number of carbonyl (C=O) groups is 1. The Bertz CT molecular complexity index is 242. The quantitative estimate of drug-likeness (QED) is 0.680. The van der Waals surface area contributed by atoms with E-state index in [9.17, 15) is 4.79 Å². The van der Waals surface area contributed by atoms with Gasteiger partial charge < -0.3 is 0 Å². The Morgan fingerprint density at radius 2 is 1.80 bits per heavy atom. The molecule has 1 radical (unpaired) electrons. The largest absolute Gasteiger partial charge is 0.269 e. The van der Waals surface area contributed by atoms with E-state index in [-0.39, 0.29) is 0 Å². The van der Waals surface area contributed by atoms with Gasteiger partial charge in [0.15, 0.2) is 0 Å². The van der Waals surface area contributed by atoms with Gasteiger partial charge >= 0.3 is 0 Å². The summed E-state index contributed by atoms with van der Waals surface area (Å²) in [5, 5.41) is 0. The fourth-order valence-electron chi connectivity index (χ4n) is 0.601. The molecule has 51 valence electrons. The minimum absolute atomic E-state index is 0.420. The van der Waals surface area contributed by atoms with Crippen LogP contribution >= 0.6 is 15.9 Å². The van der Waals surface area contributed by atoms with Gasteiger partial charge in [-0.05, 0) is 24.3 Å². The van der Waals surface area contributed by atoms with Crippen LogP contribution in [-0.4, -0.2) is 5.91 Å². The van der Waals surface area contributed by atoms with Crippen molar-refractivity contribution in [3.8, 4) is 0 Å². The lowest BCUT2D eigenvalue weighted by molar-refractivity contribution is 0.0992. The maximum absolute atomic E-state index is 10.4. The summed E-state index contributed by atoms with van der Waals surface area (Å²) in [5.41, 5.74) is 7.15. The molecule has 1 amide bonds. The average Bonchev–Trinajstić information content (AvgIpc) is 1.88. The Balaban J connectivity index is 3.00. The van der Waals surface area contributed by atoms with Crippen molar-refractivity contribution in [2.24, 2.45) is 0 Å². The minimum atomic E-state index is -0.646. The number of rotatable bonds is 1. The zero-order valence-corrected chi connectivity index (χ0v) is 6.68. The Labute approximate surface area is 67.2 Å². The molecule has 0 aromatic heterocycles. The second kappa shape index (κ2) is 2.84. The average molecular weight is 199 g/mol.